The fourth-order valence-electron chi connectivity index (χ4n) is 1.96. The van der Waals surface area contributed by atoms with Gasteiger partial charge in [-0.05, 0) is 39.3 Å². The number of nitrogens with two attached hydrogens (primary N) is 1. The van der Waals surface area contributed by atoms with Crippen LogP contribution in [-0.4, -0.2) is 20.1 Å². The fraction of sp³-hybridized carbons (Fsp3) is 0.538. The smallest absolute Gasteiger partial charge is 0.159 e. The Morgan fingerprint density at radius 1 is 1.41 bits per heavy atom. The van der Waals surface area contributed by atoms with E-state index in [0.29, 0.717) is 0 Å². The molecule has 0 radical (unpaired) electrons. The molecule has 4 nitrogen and oxygen atoms in total. The summed E-state index contributed by atoms with van der Waals surface area (Å²) in [7, 11) is 0. The van der Waals surface area contributed by atoms with Crippen LogP contribution < -0.4 is 5.73 Å². The van der Waals surface area contributed by atoms with Crippen LogP contribution in [-0.2, 0) is 13.0 Å². The van der Waals surface area contributed by atoms with E-state index < -0.39 is 0 Å². The minimum Gasteiger partial charge on any atom is -0.326 e. The summed E-state index contributed by atoms with van der Waals surface area (Å²) in [5.41, 5.74) is 7.81. The first-order chi connectivity index (χ1) is 8.01. The average Bonchev–Trinajstić information content (AvgIpc) is 2.63. The fourth-order valence-corrected chi connectivity index (χ4v) is 1.96. The number of nitrogens with zero attached hydrogens (tertiary/aromatic N) is 3. The molecule has 0 aromatic carbocycles. The zero-order valence-electron chi connectivity index (χ0n) is 10.8. The number of aryl methyl sites for hydroxylation is 2. The molecule has 0 unspecified atom stereocenters. The Bertz CT molecular complexity index is 508. The molecule has 0 bridgehead atoms. The van der Waals surface area contributed by atoms with E-state index in [2.05, 4.69) is 21.5 Å². The monoisotopic (exact) mass is 232 g/mol. The van der Waals surface area contributed by atoms with Crippen LogP contribution in [0.3, 0.4) is 0 Å². The molecule has 2 heterocycles. The minimum atomic E-state index is -0.149. The predicted molar refractivity (Wildman–Crippen MR) is 69.8 cm³/mol. The third-order valence-electron chi connectivity index (χ3n) is 2.89. The van der Waals surface area contributed by atoms with Gasteiger partial charge in [-0.25, -0.2) is 9.97 Å². The van der Waals surface area contributed by atoms with Gasteiger partial charge in [0.25, 0.3) is 0 Å². The Labute approximate surface area is 102 Å². The van der Waals surface area contributed by atoms with E-state index >= 15 is 0 Å². The van der Waals surface area contributed by atoms with Crippen molar-refractivity contribution < 1.29 is 0 Å². The molecule has 0 aliphatic rings. The van der Waals surface area contributed by atoms with Crippen molar-refractivity contribution in [2.24, 2.45) is 5.73 Å². The van der Waals surface area contributed by atoms with Crippen molar-refractivity contribution in [3.63, 3.8) is 0 Å². The lowest BCUT2D eigenvalue weighted by molar-refractivity contribution is 0.466. The molecule has 0 aliphatic carbocycles. The minimum absolute atomic E-state index is 0.149. The van der Waals surface area contributed by atoms with Gasteiger partial charge in [-0.1, -0.05) is 0 Å². The second-order valence-corrected chi connectivity index (χ2v) is 5.11. The van der Waals surface area contributed by atoms with E-state index in [1.165, 1.54) is 0 Å². The SMILES string of the molecule is CCn1c(CCC(C)(C)N)nc2cccnc21. The van der Waals surface area contributed by atoms with E-state index in [4.69, 9.17) is 5.73 Å². The molecule has 92 valence electrons. The van der Waals surface area contributed by atoms with Crippen molar-refractivity contribution in [2.45, 2.75) is 45.7 Å². The highest BCUT2D eigenvalue weighted by Gasteiger charge is 2.15. The molecule has 4 heteroatoms. The lowest BCUT2D eigenvalue weighted by Crippen LogP contribution is -2.32. The summed E-state index contributed by atoms with van der Waals surface area (Å²) < 4.78 is 2.17. The summed E-state index contributed by atoms with van der Waals surface area (Å²) in [4.78, 5) is 9.02. The molecular formula is C13H20N4. The van der Waals surface area contributed by atoms with Crippen LogP contribution >= 0.6 is 0 Å². The van der Waals surface area contributed by atoms with Gasteiger partial charge in [-0.15, -0.1) is 0 Å². The van der Waals surface area contributed by atoms with Crippen molar-refractivity contribution in [3.8, 4) is 0 Å². The number of hydrogen-bond donors (Lipinski definition) is 1. The van der Waals surface area contributed by atoms with Gasteiger partial charge in [-0.2, -0.15) is 0 Å². The largest absolute Gasteiger partial charge is 0.326 e. The Kier molecular flexibility index (Phi) is 3.15. The van der Waals surface area contributed by atoms with E-state index in [1.54, 1.807) is 0 Å². The molecule has 0 amide bonds. The van der Waals surface area contributed by atoms with Gasteiger partial charge in [0.05, 0.1) is 0 Å². The number of imidazole rings is 1. The van der Waals surface area contributed by atoms with E-state index in [9.17, 15) is 0 Å². The number of fused-ring (bicyclic) bond motifs is 1. The normalized spacial score (nSPS) is 12.2. The van der Waals surface area contributed by atoms with E-state index in [1.807, 2.05) is 32.2 Å². The second kappa shape index (κ2) is 4.45. The van der Waals surface area contributed by atoms with Crippen LogP contribution in [0.5, 0.6) is 0 Å². The molecule has 2 aromatic heterocycles. The first-order valence-corrected chi connectivity index (χ1v) is 6.10. The van der Waals surface area contributed by atoms with Gasteiger partial charge < -0.3 is 10.3 Å². The summed E-state index contributed by atoms with van der Waals surface area (Å²) in [5.74, 6) is 1.08. The zero-order chi connectivity index (χ0) is 12.5. The average molecular weight is 232 g/mol. The summed E-state index contributed by atoms with van der Waals surface area (Å²) in [6.45, 7) is 7.11. The molecule has 17 heavy (non-hydrogen) atoms. The van der Waals surface area contributed by atoms with Crippen LogP contribution in [0.1, 0.15) is 33.0 Å². The number of aromatic nitrogens is 3. The van der Waals surface area contributed by atoms with Gasteiger partial charge in [-0.3, -0.25) is 0 Å². The third kappa shape index (κ3) is 2.64. The highest BCUT2D eigenvalue weighted by molar-refractivity contribution is 5.71. The lowest BCUT2D eigenvalue weighted by atomic mass is 10.00. The summed E-state index contributed by atoms with van der Waals surface area (Å²) >= 11 is 0. The molecule has 2 rings (SSSR count). The van der Waals surface area contributed by atoms with E-state index in [0.717, 1.165) is 36.4 Å². The Morgan fingerprint density at radius 2 is 2.18 bits per heavy atom. The molecule has 0 atom stereocenters. The van der Waals surface area contributed by atoms with Gasteiger partial charge >= 0.3 is 0 Å². The second-order valence-electron chi connectivity index (χ2n) is 5.11. The van der Waals surface area contributed by atoms with E-state index in [-0.39, 0.29) is 5.54 Å². The summed E-state index contributed by atoms with van der Waals surface area (Å²) in [6.07, 6.45) is 3.64. The molecule has 0 fully saturated rings. The highest BCUT2D eigenvalue weighted by Crippen LogP contribution is 2.16. The van der Waals surface area contributed by atoms with Gasteiger partial charge in [0.15, 0.2) is 5.65 Å². The molecule has 2 aromatic rings. The quantitative estimate of drug-likeness (QED) is 0.878. The van der Waals surface area contributed by atoms with Crippen LogP contribution in [0.25, 0.3) is 11.2 Å². The number of rotatable bonds is 4. The lowest BCUT2D eigenvalue weighted by Gasteiger charge is -2.17. The summed E-state index contributed by atoms with van der Waals surface area (Å²) in [5, 5.41) is 0. The molecule has 0 aliphatic heterocycles. The van der Waals surface area contributed by atoms with Crippen molar-refractivity contribution in [1.82, 2.24) is 14.5 Å². The number of hydrogen-bond acceptors (Lipinski definition) is 3. The number of pyridine rings is 1. The zero-order valence-corrected chi connectivity index (χ0v) is 10.8. The standard InChI is InChI=1S/C13H20N4/c1-4-17-11(7-8-13(2,3)14)16-10-6-5-9-15-12(10)17/h5-6,9H,4,7-8,14H2,1-3H3. The van der Waals surface area contributed by atoms with Crippen molar-refractivity contribution >= 4 is 11.2 Å². The van der Waals surface area contributed by atoms with Crippen LogP contribution in [0, 0.1) is 0 Å². The first-order valence-electron chi connectivity index (χ1n) is 6.10. The maximum absolute atomic E-state index is 6.02. The van der Waals surface area contributed by atoms with Gasteiger partial charge in [0.1, 0.15) is 11.3 Å². The Hall–Kier alpha value is -1.42. The van der Waals surface area contributed by atoms with Gasteiger partial charge in [0, 0.05) is 24.7 Å². The summed E-state index contributed by atoms with van der Waals surface area (Å²) in [6, 6.07) is 3.93. The third-order valence-corrected chi connectivity index (χ3v) is 2.89. The van der Waals surface area contributed by atoms with Crippen LogP contribution in [0.15, 0.2) is 18.3 Å². The Balaban J connectivity index is 2.33. The Morgan fingerprint density at radius 3 is 2.82 bits per heavy atom. The maximum Gasteiger partial charge on any atom is 0.159 e. The predicted octanol–water partition coefficient (Wildman–Crippen LogP) is 2.12. The molecule has 0 saturated heterocycles. The van der Waals surface area contributed by atoms with Crippen LogP contribution in [0.2, 0.25) is 0 Å². The van der Waals surface area contributed by atoms with Crippen molar-refractivity contribution in [2.75, 3.05) is 0 Å². The topological polar surface area (TPSA) is 56.7 Å². The maximum atomic E-state index is 6.02. The molecule has 2 N–H and O–H groups in total. The van der Waals surface area contributed by atoms with Gasteiger partial charge in [0.2, 0.25) is 0 Å². The molecule has 0 saturated carbocycles. The van der Waals surface area contributed by atoms with Crippen molar-refractivity contribution in [1.29, 1.82) is 0 Å². The van der Waals surface area contributed by atoms with Crippen molar-refractivity contribution in [3.05, 3.63) is 24.2 Å². The highest BCUT2D eigenvalue weighted by atomic mass is 15.1. The molecular weight excluding hydrogens is 212 g/mol. The van der Waals surface area contributed by atoms with Crippen LogP contribution in [0.4, 0.5) is 0 Å². The first kappa shape index (κ1) is 12.0. The molecule has 0 spiro atoms.